The van der Waals surface area contributed by atoms with Gasteiger partial charge >= 0.3 is 5.97 Å². The fourth-order valence-electron chi connectivity index (χ4n) is 6.18. The summed E-state index contributed by atoms with van der Waals surface area (Å²) in [6, 6.07) is 13.2. The number of esters is 1. The van der Waals surface area contributed by atoms with Gasteiger partial charge in [-0.2, -0.15) is 0 Å². The highest BCUT2D eigenvalue weighted by molar-refractivity contribution is 5.89. The normalized spacial score (nSPS) is 18.4. The summed E-state index contributed by atoms with van der Waals surface area (Å²) >= 11 is 0. The lowest BCUT2D eigenvalue weighted by atomic mass is 9.75. The molecule has 224 valence electrons. The third kappa shape index (κ3) is 7.94. The average molecular weight is 568 g/mol. The summed E-state index contributed by atoms with van der Waals surface area (Å²) in [5.41, 5.74) is 1.95. The number of nitrogens with zero attached hydrogens (tertiary/aromatic N) is 1. The van der Waals surface area contributed by atoms with E-state index in [0.29, 0.717) is 49.8 Å². The Labute approximate surface area is 244 Å². The Balaban J connectivity index is 1.45. The topological polar surface area (TPSA) is 83.5 Å². The van der Waals surface area contributed by atoms with E-state index < -0.39 is 12.0 Å². The standard InChI is InChI=1S/C33H45NO7/c1-37-28-21-26(22-29(38-2)31(28)39-3)30(25-15-8-5-9-16-25)32(35)34-18-11-10-17-27(34)33(36)41-20-12-19-40-23-24-13-6-4-7-14-24/h4,6-7,13-14,21-22,25,27,30H,5,8-12,15-20,23H2,1-3H3/t27-,30-/m0/s1. The zero-order valence-electron chi connectivity index (χ0n) is 24.8. The molecule has 8 nitrogen and oxygen atoms in total. The van der Waals surface area contributed by atoms with E-state index in [1.807, 2.05) is 42.5 Å². The Bertz CT molecular complexity index is 1090. The number of methoxy groups -OCH3 is 3. The Kier molecular flexibility index (Phi) is 11.7. The summed E-state index contributed by atoms with van der Waals surface area (Å²) in [6.45, 7) is 1.85. The first-order chi connectivity index (χ1) is 20.1. The zero-order chi connectivity index (χ0) is 29.0. The van der Waals surface area contributed by atoms with Crippen LogP contribution in [0.15, 0.2) is 42.5 Å². The second-order valence-corrected chi connectivity index (χ2v) is 10.9. The molecule has 2 aromatic rings. The molecule has 1 saturated carbocycles. The monoisotopic (exact) mass is 567 g/mol. The molecule has 0 aromatic heterocycles. The van der Waals surface area contributed by atoms with Gasteiger partial charge in [0.2, 0.25) is 11.7 Å². The van der Waals surface area contributed by atoms with Crippen molar-refractivity contribution in [2.24, 2.45) is 5.92 Å². The molecule has 1 aliphatic heterocycles. The summed E-state index contributed by atoms with van der Waals surface area (Å²) in [7, 11) is 4.74. The van der Waals surface area contributed by atoms with Gasteiger partial charge in [-0.1, -0.05) is 49.6 Å². The molecule has 1 aliphatic carbocycles. The second kappa shape index (κ2) is 15.7. The van der Waals surface area contributed by atoms with Crippen LogP contribution < -0.4 is 14.2 Å². The number of rotatable bonds is 13. The molecular formula is C33H45NO7. The van der Waals surface area contributed by atoms with Crippen LogP contribution in [-0.4, -0.2) is 63.9 Å². The van der Waals surface area contributed by atoms with Crippen molar-refractivity contribution in [3.63, 3.8) is 0 Å². The van der Waals surface area contributed by atoms with Crippen LogP contribution in [0.4, 0.5) is 0 Å². The number of carbonyl (C=O) groups is 2. The number of piperidine rings is 1. The molecule has 4 rings (SSSR count). The highest BCUT2D eigenvalue weighted by Gasteiger charge is 2.40. The summed E-state index contributed by atoms with van der Waals surface area (Å²) in [4.78, 5) is 29.5. The third-order valence-electron chi connectivity index (χ3n) is 8.28. The Morgan fingerprint density at radius 1 is 0.854 bits per heavy atom. The van der Waals surface area contributed by atoms with Gasteiger partial charge in [-0.25, -0.2) is 4.79 Å². The lowest BCUT2D eigenvalue weighted by Gasteiger charge is -2.39. The van der Waals surface area contributed by atoms with Crippen LogP contribution in [-0.2, 0) is 25.7 Å². The molecular weight excluding hydrogens is 522 g/mol. The van der Waals surface area contributed by atoms with Gasteiger partial charge in [0, 0.05) is 13.0 Å². The lowest BCUT2D eigenvalue weighted by molar-refractivity contribution is -0.158. The molecule has 2 aliphatic rings. The van der Waals surface area contributed by atoms with Gasteiger partial charge in [0.1, 0.15) is 6.04 Å². The Morgan fingerprint density at radius 3 is 2.20 bits per heavy atom. The molecule has 0 spiro atoms. The minimum Gasteiger partial charge on any atom is -0.493 e. The van der Waals surface area contributed by atoms with Crippen molar-refractivity contribution in [3.05, 3.63) is 53.6 Å². The van der Waals surface area contributed by atoms with Crippen LogP contribution in [0.2, 0.25) is 0 Å². The number of hydrogen-bond donors (Lipinski definition) is 0. The van der Waals surface area contributed by atoms with E-state index in [9.17, 15) is 9.59 Å². The highest BCUT2D eigenvalue weighted by atomic mass is 16.5. The van der Waals surface area contributed by atoms with Crippen LogP contribution in [0, 0.1) is 5.92 Å². The van der Waals surface area contributed by atoms with Crippen LogP contribution >= 0.6 is 0 Å². The Hall–Kier alpha value is -3.26. The SMILES string of the molecule is COc1cc([C@@H](C(=O)N2CCCC[C@H]2C(=O)OCCCOCc2ccccc2)C2CCCCC2)cc(OC)c1OC. The number of carbonyl (C=O) groups excluding carboxylic acids is 2. The van der Waals surface area contributed by atoms with Gasteiger partial charge in [0.15, 0.2) is 11.5 Å². The van der Waals surface area contributed by atoms with E-state index in [0.717, 1.165) is 49.7 Å². The fraction of sp³-hybridized carbons (Fsp3) is 0.576. The highest BCUT2D eigenvalue weighted by Crippen LogP contribution is 2.45. The molecule has 0 N–H and O–H groups in total. The van der Waals surface area contributed by atoms with Gasteiger partial charge in [0.25, 0.3) is 0 Å². The van der Waals surface area contributed by atoms with E-state index in [1.165, 1.54) is 6.42 Å². The largest absolute Gasteiger partial charge is 0.493 e. The van der Waals surface area contributed by atoms with Crippen molar-refractivity contribution in [1.82, 2.24) is 4.90 Å². The number of hydrogen-bond acceptors (Lipinski definition) is 7. The van der Waals surface area contributed by atoms with Crippen LogP contribution in [0.25, 0.3) is 0 Å². The predicted octanol–water partition coefficient (Wildman–Crippen LogP) is 5.91. The second-order valence-electron chi connectivity index (χ2n) is 10.9. The van der Waals surface area contributed by atoms with Gasteiger partial charge in [-0.05, 0) is 61.3 Å². The van der Waals surface area contributed by atoms with Crippen molar-refractivity contribution in [3.8, 4) is 17.2 Å². The lowest BCUT2D eigenvalue weighted by Crippen LogP contribution is -2.51. The minimum atomic E-state index is -0.574. The summed E-state index contributed by atoms with van der Waals surface area (Å²) in [5.74, 6) is 0.996. The van der Waals surface area contributed by atoms with E-state index in [2.05, 4.69) is 0 Å². The summed E-state index contributed by atoms with van der Waals surface area (Å²) < 4.78 is 28.2. The molecule has 2 atom stereocenters. The molecule has 1 amide bonds. The van der Waals surface area contributed by atoms with Crippen LogP contribution in [0.1, 0.15) is 74.8 Å². The van der Waals surface area contributed by atoms with Gasteiger partial charge < -0.3 is 28.6 Å². The van der Waals surface area contributed by atoms with E-state index in [1.54, 1.807) is 26.2 Å². The van der Waals surface area contributed by atoms with E-state index in [4.69, 9.17) is 23.7 Å². The molecule has 1 heterocycles. The maximum Gasteiger partial charge on any atom is 0.328 e. The number of ether oxygens (including phenoxy) is 5. The molecule has 1 saturated heterocycles. The van der Waals surface area contributed by atoms with Crippen molar-refractivity contribution in [2.75, 3.05) is 41.1 Å². The summed E-state index contributed by atoms with van der Waals surface area (Å²) in [6.07, 6.45) is 8.29. The minimum absolute atomic E-state index is 0.0148. The first-order valence-electron chi connectivity index (χ1n) is 15.0. The van der Waals surface area contributed by atoms with Gasteiger partial charge in [0.05, 0.1) is 47.1 Å². The van der Waals surface area contributed by atoms with Gasteiger partial charge in [-0.15, -0.1) is 0 Å². The molecule has 41 heavy (non-hydrogen) atoms. The maximum atomic E-state index is 14.4. The summed E-state index contributed by atoms with van der Waals surface area (Å²) in [5, 5.41) is 0. The van der Waals surface area contributed by atoms with E-state index >= 15 is 0 Å². The first kappa shape index (κ1) is 30.7. The molecule has 0 bridgehead atoms. The van der Waals surface area contributed by atoms with Crippen molar-refractivity contribution < 1.29 is 33.3 Å². The van der Waals surface area contributed by atoms with E-state index in [-0.39, 0.29) is 24.4 Å². The number of benzene rings is 2. The third-order valence-corrected chi connectivity index (χ3v) is 8.28. The van der Waals surface area contributed by atoms with Crippen molar-refractivity contribution in [2.45, 2.75) is 76.4 Å². The molecule has 0 radical (unpaired) electrons. The average Bonchev–Trinajstić information content (AvgIpc) is 3.03. The van der Waals surface area contributed by atoms with Crippen molar-refractivity contribution >= 4 is 11.9 Å². The van der Waals surface area contributed by atoms with Crippen LogP contribution in [0.5, 0.6) is 17.2 Å². The quantitative estimate of drug-likeness (QED) is 0.220. The van der Waals surface area contributed by atoms with Crippen molar-refractivity contribution in [1.29, 1.82) is 0 Å². The number of likely N-dealkylation sites (tertiary alicyclic amines) is 1. The zero-order valence-corrected chi connectivity index (χ0v) is 24.8. The first-order valence-corrected chi connectivity index (χ1v) is 15.0. The predicted molar refractivity (Wildman–Crippen MR) is 156 cm³/mol. The molecule has 2 fully saturated rings. The van der Waals surface area contributed by atoms with Gasteiger partial charge in [-0.3, -0.25) is 4.79 Å². The molecule has 8 heteroatoms. The number of amides is 1. The fourth-order valence-corrected chi connectivity index (χ4v) is 6.18. The maximum absolute atomic E-state index is 14.4. The smallest absolute Gasteiger partial charge is 0.328 e. The Morgan fingerprint density at radius 2 is 1.54 bits per heavy atom. The molecule has 0 unspecified atom stereocenters. The molecule has 2 aromatic carbocycles. The van der Waals surface area contributed by atoms with Crippen LogP contribution in [0.3, 0.4) is 0 Å².